The van der Waals surface area contributed by atoms with E-state index >= 15 is 0 Å². The molecule has 1 aliphatic heterocycles. The summed E-state index contributed by atoms with van der Waals surface area (Å²) in [6.45, 7) is 2.72. The Morgan fingerprint density at radius 2 is 1.74 bits per heavy atom. The molecule has 1 heterocycles. The van der Waals surface area contributed by atoms with Gasteiger partial charge in [0.25, 0.3) is 11.8 Å². The van der Waals surface area contributed by atoms with Gasteiger partial charge in [-0.15, -0.1) is 0 Å². The number of methoxy groups -OCH3 is 1. The Bertz CT molecular complexity index is 1240. The van der Waals surface area contributed by atoms with Crippen LogP contribution in [0, 0.1) is 6.92 Å². The van der Waals surface area contributed by atoms with Crippen molar-refractivity contribution in [3.8, 4) is 5.75 Å². The molecule has 2 unspecified atom stereocenters. The van der Waals surface area contributed by atoms with Crippen LogP contribution >= 0.6 is 10.8 Å². The number of carboxylic acid groups (broad SMARTS) is 1. The molecule has 12 heteroatoms. The minimum absolute atomic E-state index is 0.0193. The molecule has 2 amide bonds. The number of carboxylic acids is 1. The first-order valence-corrected chi connectivity index (χ1v) is 13.2. The van der Waals surface area contributed by atoms with Crippen LogP contribution in [0.1, 0.15) is 12.5 Å². The van der Waals surface area contributed by atoms with E-state index in [1.165, 1.54) is 26.2 Å². The first kappa shape index (κ1) is 26.1. The average Bonchev–Trinajstić information content (AvgIpc) is 2.83. The Labute approximate surface area is 206 Å². The maximum absolute atomic E-state index is 13.1. The van der Waals surface area contributed by atoms with Crippen molar-refractivity contribution in [1.82, 2.24) is 10.2 Å². The molecule has 1 fully saturated rings. The van der Waals surface area contributed by atoms with E-state index in [9.17, 15) is 27.9 Å². The predicted molar refractivity (Wildman–Crippen MR) is 128 cm³/mol. The molecule has 0 bridgehead atoms. The molecule has 0 saturated carbocycles. The molecule has 186 valence electrons. The van der Waals surface area contributed by atoms with Crippen molar-refractivity contribution in [2.45, 2.75) is 30.2 Å². The summed E-state index contributed by atoms with van der Waals surface area (Å²) in [4.78, 5) is 38.1. The molecule has 35 heavy (non-hydrogen) atoms. The van der Waals surface area contributed by atoms with E-state index in [0.29, 0.717) is 16.5 Å². The summed E-state index contributed by atoms with van der Waals surface area (Å²) in [7, 11) is -2.43. The number of rotatable bonds is 10. The highest BCUT2D eigenvalue weighted by atomic mass is 33.1. The molecular weight excluding hydrogens is 496 g/mol. The van der Waals surface area contributed by atoms with Gasteiger partial charge < -0.3 is 19.9 Å². The van der Waals surface area contributed by atoms with Gasteiger partial charge in [0.15, 0.2) is 12.3 Å². The SMILES string of the molecule is CO/C(C)=C(/C(=O)O)N1C(=O)C(NC(=O)COc2ccccc2)C1SS(=O)(=O)c1ccc(C)cc1. The van der Waals surface area contributed by atoms with Gasteiger partial charge in [-0.2, -0.15) is 0 Å². The van der Waals surface area contributed by atoms with Crippen LogP contribution in [0.25, 0.3) is 0 Å². The molecule has 0 aromatic heterocycles. The number of nitrogens with one attached hydrogen (secondary N) is 1. The van der Waals surface area contributed by atoms with Crippen molar-refractivity contribution in [3.05, 3.63) is 71.6 Å². The van der Waals surface area contributed by atoms with Crippen LogP contribution in [-0.4, -0.2) is 61.3 Å². The van der Waals surface area contributed by atoms with Crippen LogP contribution in [0.5, 0.6) is 5.75 Å². The summed E-state index contributed by atoms with van der Waals surface area (Å²) in [5, 5.41) is 10.9. The molecule has 10 nitrogen and oxygen atoms in total. The van der Waals surface area contributed by atoms with Crippen LogP contribution in [0.3, 0.4) is 0 Å². The van der Waals surface area contributed by atoms with Crippen LogP contribution in [-0.2, 0) is 28.0 Å². The van der Waals surface area contributed by atoms with Gasteiger partial charge in [0.05, 0.1) is 12.0 Å². The number of ether oxygens (including phenoxy) is 2. The van der Waals surface area contributed by atoms with Crippen molar-refractivity contribution in [1.29, 1.82) is 0 Å². The van der Waals surface area contributed by atoms with Crippen LogP contribution in [0.4, 0.5) is 0 Å². The fraction of sp³-hybridized carbons (Fsp3) is 0.261. The topological polar surface area (TPSA) is 139 Å². The number of likely N-dealkylation sites (tertiary alicyclic amines) is 1. The Balaban J connectivity index is 1.86. The van der Waals surface area contributed by atoms with E-state index < -0.39 is 50.4 Å². The molecule has 0 radical (unpaired) electrons. The second kappa shape index (κ2) is 10.8. The Morgan fingerprint density at radius 3 is 2.31 bits per heavy atom. The monoisotopic (exact) mass is 520 g/mol. The highest BCUT2D eigenvalue weighted by Crippen LogP contribution is 2.40. The minimum atomic E-state index is -4.03. The van der Waals surface area contributed by atoms with Gasteiger partial charge in [0.1, 0.15) is 22.9 Å². The fourth-order valence-electron chi connectivity index (χ4n) is 3.22. The van der Waals surface area contributed by atoms with Crippen LogP contribution in [0.15, 0.2) is 70.9 Å². The van der Waals surface area contributed by atoms with Crippen molar-refractivity contribution in [2.75, 3.05) is 13.7 Å². The molecule has 2 aromatic rings. The third-order valence-electron chi connectivity index (χ3n) is 5.09. The summed E-state index contributed by atoms with van der Waals surface area (Å²) in [6.07, 6.45) is 0. The molecule has 1 aliphatic rings. The number of hydrogen-bond donors (Lipinski definition) is 2. The molecular formula is C23H24N2O8S2. The first-order chi connectivity index (χ1) is 16.5. The third-order valence-corrected chi connectivity index (χ3v) is 8.80. The lowest BCUT2D eigenvalue weighted by Crippen LogP contribution is -2.70. The van der Waals surface area contributed by atoms with E-state index in [-0.39, 0.29) is 10.7 Å². The molecule has 3 rings (SSSR count). The molecule has 0 aliphatic carbocycles. The number of aryl methyl sites for hydroxylation is 1. The van der Waals surface area contributed by atoms with Gasteiger partial charge >= 0.3 is 5.97 Å². The summed E-state index contributed by atoms with van der Waals surface area (Å²) < 4.78 is 36.5. The number of para-hydroxylation sites is 1. The number of β-lactam (4-membered cyclic amide) rings is 1. The van der Waals surface area contributed by atoms with Gasteiger partial charge in [0, 0.05) is 10.8 Å². The smallest absolute Gasteiger partial charge is 0.356 e. The molecule has 2 aromatic carbocycles. The number of amides is 2. The fourth-order valence-corrected chi connectivity index (χ4v) is 6.69. The molecule has 2 atom stereocenters. The average molecular weight is 521 g/mol. The molecule has 0 spiro atoms. The molecule has 1 saturated heterocycles. The highest BCUT2D eigenvalue weighted by molar-refractivity contribution is 8.72. The van der Waals surface area contributed by atoms with Crippen LogP contribution < -0.4 is 10.1 Å². The summed E-state index contributed by atoms with van der Waals surface area (Å²) >= 11 is 0. The second-order valence-electron chi connectivity index (χ2n) is 7.52. The first-order valence-electron chi connectivity index (χ1n) is 10.3. The standard InChI is InChI=1S/C23H24N2O8S2/c1-14-9-11-17(12-10-14)35(30,31)34-22-19(21(27)25(22)20(23(28)29)15(2)32-3)24-18(26)13-33-16-7-5-4-6-8-16/h4-12,19,22H,13H2,1-3H3,(H,24,26)(H,28,29)/b20-15-. The van der Waals surface area contributed by atoms with E-state index in [2.05, 4.69) is 5.32 Å². The zero-order valence-electron chi connectivity index (χ0n) is 19.1. The number of nitrogens with zero attached hydrogens (tertiary/aromatic N) is 1. The Morgan fingerprint density at radius 1 is 1.11 bits per heavy atom. The van der Waals surface area contributed by atoms with E-state index in [1.807, 2.05) is 0 Å². The van der Waals surface area contributed by atoms with Crippen molar-refractivity contribution >= 4 is 37.4 Å². The Hall–Kier alpha value is -3.51. The minimum Gasteiger partial charge on any atom is -0.499 e. The second-order valence-corrected chi connectivity index (χ2v) is 11.5. The summed E-state index contributed by atoms with van der Waals surface area (Å²) in [5.41, 5.74) is 0.338. The Kier molecular flexibility index (Phi) is 8.07. The van der Waals surface area contributed by atoms with Gasteiger partial charge in [0.2, 0.25) is 8.87 Å². The number of allylic oxidation sites excluding steroid dienone is 1. The van der Waals surface area contributed by atoms with E-state index in [0.717, 1.165) is 10.5 Å². The number of aliphatic carboxylic acids is 1. The zero-order valence-corrected chi connectivity index (χ0v) is 20.8. The van der Waals surface area contributed by atoms with E-state index in [4.69, 9.17) is 9.47 Å². The van der Waals surface area contributed by atoms with Gasteiger partial charge in [-0.05, 0) is 38.1 Å². The number of carbonyl (C=O) groups excluding carboxylic acids is 2. The summed E-state index contributed by atoms with van der Waals surface area (Å²) in [6, 6.07) is 13.3. The van der Waals surface area contributed by atoms with Crippen molar-refractivity contribution in [3.63, 3.8) is 0 Å². The normalized spacial score (nSPS) is 18.3. The van der Waals surface area contributed by atoms with Crippen molar-refractivity contribution < 1.29 is 37.4 Å². The lowest BCUT2D eigenvalue weighted by atomic mass is 10.1. The maximum atomic E-state index is 13.1. The quantitative estimate of drug-likeness (QED) is 0.209. The zero-order chi connectivity index (χ0) is 25.8. The lowest BCUT2D eigenvalue weighted by Gasteiger charge is -2.46. The number of benzene rings is 2. The predicted octanol–water partition coefficient (Wildman–Crippen LogP) is 2.11. The van der Waals surface area contributed by atoms with E-state index in [1.54, 1.807) is 49.4 Å². The van der Waals surface area contributed by atoms with Gasteiger partial charge in [-0.1, -0.05) is 35.9 Å². The third kappa shape index (κ3) is 5.95. The largest absolute Gasteiger partial charge is 0.499 e. The van der Waals surface area contributed by atoms with Crippen LogP contribution in [0.2, 0.25) is 0 Å². The number of hydrogen-bond acceptors (Lipinski definition) is 8. The van der Waals surface area contributed by atoms with Crippen molar-refractivity contribution in [2.24, 2.45) is 0 Å². The summed E-state index contributed by atoms with van der Waals surface area (Å²) in [5.74, 6) is -2.60. The number of carbonyl (C=O) groups is 3. The maximum Gasteiger partial charge on any atom is 0.356 e. The lowest BCUT2D eigenvalue weighted by molar-refractivity contribution is -0.151. The molecule has 2 N–H and O–H groups in total. The highest BCUT2D eigenvalue weighted by Gasteiger charge is 2.54. The van der Waals surface area contributed by atoms with Gasteiger partial charge in [-0.3, -0.25) is 14.5 Å². The van der Waals surface area contributed by atoms with Gasteiger partial charge in [-0.25, -0.2) is 13.2 Å².